The molecule has 0 aliphatic carbocycles. The van der Waals surface area contributed by atoms with Gasteiger partial charge in [0.05, 0.1) is 12.3 Å². The Morgan fingerprint density at radius 2 is 1.75 bits per heavy atom. The van der Waals surface area contributed by atoms with E-state index in [0.717, 1.165) is 37.4 Å². The third-order valence-corrected chi connectivity index (χ3v) is 3.92. The second kappa shape index (κ2) is 9.33. The Morgan fingerprint density at radius 3 is 2.42 bits per heavy atom. The first-order valence-corrected chi connectivity index (χ1v) is 8.82. The molecule has 0 spiro atoms. The molecule has 3 N–H and O–H groups in total. The molecule has 0 saturated carbocycles. The molecule has 0 amide bonds. The molecule has 0 aliphatic heterocycles. The maximum atomic E-state index is 6.09. The number of benzene rings is 2. The van der Waals surface area contributed by atoms with Gasteiger partial charge in [-0.3, -0.25) is 0 Å². The van der Waals surface area contributed by atoms with E-state index in [9.17, 15) is 0 Å². The lowest BCUT2D eigenvalue weighted by atomic mass is 10.1. The van der Waals surface area contributed by atoms with Crippen LogP contribution in [-0.4, -0.2) is 13.2 Å². The summed E-state index contributed by atoms with van der Waals surface area (Å²) in [5, 5.41) is 3.49. The Labute approximate surface area is 146 Å². The highest BCUT2D eigenvalue weighted by Gasteiger charge is 2.03. The van der Waals surface area contributed by atoms with E-state index >= 15 is 0 Å². The molecule has 130 valence electrons. The van der Waals surface area contributed by atoms with E-state index in [2.05, 4.69) is 56.4 Å². The van der Waals surface area contributed by atoms with Crippen LogP contribution < -0.4 is 15.8 Å². The molecule has 0 atom stereocenters. The third kappa shape index (κ3) is 6.25. The zero-order chi connectivity index (χ0) is 17.4. The van der Waals surface area contributed by atoms with Gasteiger partial charge in [0.1, 0.15) is 5.75 Å². The van der Waals surface area contributed by atoms with Gasteiger partial charge in [-0.15, -0.1) is 0 Å². The summed E-state index contributed by atoms with van der Waals surface area (Å²) in [5.41, 5.74) is 10.7. The lowest BCUT2D eigenvalue weighted by molar-refractivity contribution is 0.272. The van der Waals surface area contributed by atoms with Crippen LogP contribution in [0.2, 0.25) is 0 Å². The van der Waals surface area contributed by atoms with Crippen molar-refractivity contribution in [2.24, 2.45) is 5.92 Å². The van der Waals surface area contributed by atoms with Gasteiger partial charge in [-0.05, 0) is 55.5 Å². The van der Waals surface area contributed by atoms with E-state index in [1.165, 1.54) is 16.7 Å². The minimum absolute atomic E-state index is 0.503. The molecule has 24 heavy (non-hydrogen) atoms. The van der Waals surface area contributed by atoms with E-state index in [1.807, 2.05) is 12.1 Å². The van der Waals surface area contributed by atoms with Gasteiger partial charge in [0.2, 0.25) is 0 Å². The van der Waals surface area contributed by atoms with Crippen molar-refractivity contribution in [3.8, 4) is 5.75 Å². The van der Waals surface area contributed by atoms with Crippen LogP contribution >= 0.6 is 0 Å². The first-order valence-electron chi connectivity index (χ1n) is 8.82. The molecule has 3 nitrogen and oxygen atoms in total. The average Bonchev–Trinajstić information content (AvgIpc) is 2.55. The minimum Gasteiger partial charge on any atom is -0.491 e. The quantitative estimate of drug-likeness (QED) is 0.532. The molecular weight excluding hydrogens is 296 g/mol. The van der Waals surface area contributed by atoms with Gasteiger partial charge < -0.3 is 15.8 Å². The number of hydrogen-bond donors (Lipinski definition) is 2. The summed E-state index contributed by atoms with van der Waals surface area (Å²) >= 11 is 0. The fourth-order valence-corrected chi connectivity index (χ4v) is 2.50. The molecule has 0 saturated heterocycles. The largest absolute Gasteiger partial charge is 0.491 e. The van der Waals surface area contributed by atoms with Gasteiger partial charge >= 0.3 is 0 Å². The van der Waals surface area contributed by atoms with Crippen LogP contribution in [0.15, 0.2) is 42.5 Å². The van der Waals surface area contributed by atoms with Crippen LogP contribution in [0, 0.1) is 12.8 Å². The van der Waals surface area contributed by atoms with Gasteiger partial charge in [0.25, 0.3) is 0 Å². The SMILES string of the molecule is Cc1ccc(CNCCCc2ccc(OCC(C)C)c(N)c2)cc1. The lowest BCUT2D eigenvalue weighted by Crippen LogP contribution is -2.15. The number of nitrogen functional groups attached to an aromatic ring is 1. The Morgan fingerprint density at radius 1 is 1.04 bits per heavy atom. The highest BCUT2D eigenvalue weighted by molar-refractivity contribution is 5.54. The van der Waals surface area contributed by atoms with Crippen molar-refractivity contribution in [2.45, 2.75) is 40.2 Å². The summed E-state index contributed by atoms with van der Waals surface area (Å²) in [6, 6.07) is 14.8. The predicted molar refractivity (Wildman–Crippen MR) is 102 cm³/mol. The van der Waals surface area contributed by atoms with Crippen molar-refractivity contribution in [3.05, 3.63) is 59.2 Å². The van der Waals surface area contributed by atoms with E-state index in [1.54, 1.807) is 0 Å². The summed E-state index contributed by atoms with van der Waals surface area (Å²) in [5.74, 6) is 1.30. The van der Waals surface area contributed by atoms with Crippen molar-refractivity contribution in [2.75, 3.05) is 18.9 Å². The molecule has 0 bridgehead atoms. The molecule has 0 radical (unpaired) electrons. The smallest absolute Gasteiger partial charge is 0.142 e. The second-order valence-corrected chi connectivity index (χ2v) is 6.84. The van der Waals surface area contributed by atoms with Crippen molar-refractivity contribution >= 4 is 5.69 Å². The van der Waals surface area contributed by atoms with Crippen LogP contribution in [0.1, 0.15) is 37.0 Å². The van der Waals surface area contributed by atoms with E-state index in [4.69, 9.17) is 10.5 Å². The summed E-state index contributed by atoms with van der Waals surface area (Å²) < 4.78 is 5.72. The van der Waals surface area contributed by atoms with E-state index in [-0.39, 0.29) is 0 Å². The van der Waals surface area contributed by atoms with Crippen molar-refractivity contribution < 1.29 is 4.74 Å². The third-order valence-electron chi connectivity index (χ3n) is 3.92. The highest BCUT2D eigenvalue weighted by Crippen LogP contribution is 2.23. The Bertz CT molecular complexity index is 620. The maximum Gasteiger partial charge on any atom is 0.142 e. The number of anilines is 1. The fraction of sp³-hybridized carbons (Fsp3) is 0.429. The molecule has 3 heteroatoms. The Balaban J connectivity index is 1.70. The molecule has 2 aromatic carbocycles. The highest BCUT2D eigenvalue weighted by atomic mass is 16.5. The zero-order valence-corrected chi connectivity index (χ0v) is 15.1. The van der Waals surface area contributed by atoms with Gasteiger partial charge in [-0.25, -0.2) is 0 Å². The van der Waals surface area contributed by atoms with Crippen molar-refractivity contribution in [3.63, 3.8) is 0 Å². The second-order valence-electron chi connectivity index (χ2n) is 6.84. The summed E-state index contributed by atoms with van der Waals surface area (Å²) in [4.78, 5) is 0. The van der Waals surface area contributed by atoms with Crippen LogP contribution in [-0.2, 0) is 13.0 Å². The standard InChI is InChI=1S/C21H30N2O/c1-16(2)15-24-21-11-10-18(13-20(21)22)5-4-12-23-14-19-8-6-17(3)7-9-19/h6-11,13,16,23H,4-5,12,14-15,22H2,1-3H3. The summed E-state index contributed by atoms with van der Waals surface area (Å²) in [6.45, 7) is 9.00. The first kappa shape index (κ1) is 18.3. The summed E-state index contributed by atoms with van der Waals surface area (Å²) in [7, 11) is 0. The van der Waals surface area contributed by atoms with Crippen LogP contribution in [0.4, 0.5) is 5.69 Å². The number of hydrogen-bond acceptors (Lipinski definition) is 3. The Hall–Kier alpha value is -2.00. The van der Waals surface area contributed by atoms with Crippen molar-refractivity contribution in [1.82, 2.24) is 5.32 Å². The van der Waals surface area contributed by atoms with Gasteiger partial charge in [0.15, 0.2) is 0 Å². The predicted octanol–water partition coefficient (Wildman–Crippen LogP) is 4.33. The number of aryl methyl sites for hydroxylation is 2. The molecule has 0 heterocycles. The molecule has 0 fully saturated rings. The molecule has 0 aromatic heterocycles. The number of nitrogens with one attached hydrogen (secondary N) is 1. The first-order chi connectivity index (χ1) is 11.5. The van der Waals surface area contributed by atoms with E-state index in [0.29, 0.717) is 12.5 Å². The monoisotopic (exact) mass is 326 g/mol. The molecule has 2 rings (SSSR count). The van der Waals surface area contributed by atoms with Crippen LogP contribution in [0.3, 0.4) is 0 Å². The fourth-order valence-electron chi connectivity index (χ4n) is 2.50. The topological polar surface area (TPSA) is 47.3 Å². The maximum absolute atomic E-state index is 6.09. The number of rotatable bonds is 9. The lowest BCUT2D eigenvalue weighted by Gasteiger charge is -2.12. The molecule has 0 aliphatic rings. The van der Waals surface area contributed by atoms with Crippen LogP contribution in [0.25, 0.3) is 0 Å². The normalized spacial score (nSPS) is 11.0. The average molecular weight is 326 g/mol. The van der Waals surface area contributed by atoms with Crippen LogP contribution in [0.5, 0.6) is 5.75 Å². The number of nitrogens with two attached hydrogens (primary N) is 1. The van der Waals surface area contributed by atoms with E-state index < -0.39 is 0 Å². The minimum atomic E-state index is 0.503. The van der Waals surface area contributed by atoms with Gasteiger partial charge in [-0.2, -0.15) is 0 Å². The molecule has 0 unspecified atom stereocenters. The number of ether oxygens (including phenoxy) is 1. The Kier molecular flexibility index (Phi) is 7.13. The molecular formula is C21H30N2O. The summed E-state index contributed by atoms with van der Waals surface area (Å²) in [6.07, 6.45) is 2.12. The van der Waals surface area contributed by atoms with Gasteiger partial charge in [-0.1, -0.05) is 49.7 Å². The van der Waals surface area contributed by atoms with Gasteiger partial charge in [0, 0.05) is 6.54 Å². The zero-order valence-electron chi connectivity index (χ0n) is 15.1. The molecule has 2 aromatic rings. The van der Waals surface area contributed by atoms with Crippen molar-refractivity contribution in [1.29, 1.82) is 0 Å².